The number of sulfonamides is 2. The number of nitrogens with zero attached hydrogens (tertiary/aromatic N) is 3. The first kappa shape index (κ1) is 23.2. The van der Waals surface area contributed by atoms with E-state index in [-0.39, 0.29) is 27.5 Å². The fourth-order valence-electron chi connectivity index (χ4n) is 2.67. The van der Waals surface area contributed by atoms with E-state index in [2.05, 4.69) is 9.71 Å². The zero-order valence-corrected chi connectivity index (χ0v) is 19.1. The maximum atomic E-state index is 12.9. The monoisotopic (exact) mass is 444 g/mol. The average Bonchev–Trinajstić information content (AvgIpc) is 2.96. The zero-order valence-electron chi connectivity index (χ0n) is 17.5. The van der Waals surface area contributed by atoms with Gasteiger partial charge >= 0.3 is 0 Å². The molecule has 0 aliphatic heterocycles. The maximum Gasteiger partial charge on any atom is 0.281 e. The Balaban J connectivity index is 2.55. The molecule has 9 nitrogen and oxygen atoms in total. The SMILES string of the molecule is CCN(CC)S(=O)(=O)c1ccc(OC(C)C)c(NS(=O)(=O)c2cn(C)c(C)n2)c1. The van der Waals surface area contributed by atoms with Gasteiger partial charge in [0.1, 0.15) is 11.6 Å². The van der Waals surface area contributed by atoms with Crippen molar-refractivity contribution in [3.8, 4) is 5.75 Å². The summed E-state index contributed by atoms with van der Waals surface area (Å²) < 4.78 is 62.3. The second kappa shape index (κ2) is 8.72. The quantitative estimate of drug-likeness (QED) is 0.636. The van der Waals surface area contributed by atoms with Crippen molar-refractivity contribution in [1.29, 1.82) is 0 Å². The Morgan fingerprint density at radius 1 is 1.17 bits per heavy atom. The van der Waals surface area contributed by atoms with Gasteiger partial charge in [-0.3, -0.25) is 4.72 Å². The maximum absolute atomic E-state index is 12.9. The third-order valence-electron chi connectivity index (χ3n) is 4.26. The van der Waals surface area contributed by atoms with Crippen LogP contribution in [0, 0.1) is 6.92 Å². The van der Waals surface area contributed by atoms with Gasteiger partial charge in [-0.1, -0.05) is 13.8 Å². The van der Waals surface area contributed by atoms with Crippen molar-refractivity contribution in [2.75, 3.05) is 17.8 Å². The highest BCUT2D eigenvalue weighted by Gasteiger charge is 2.26. The molecule has 1 aromatic heterocycles. The molecule has 0 aliphatic rings. The van der Waals surface area contributed by atoms with Gasteiger partial charge in [-0.2, -0.15) is 12.7 Å². The number of imidazole rings is 1. The molecule has 29 heavy (non-hydrogen) atoms. The molecule has 0 spiro atoms. The average molecular weight is 445 g/mol. The Bertz CT molecular complexity index is 1050. The summed E-state index contributed by atoms with van der Waals surface area (Å²) in [5, 5.41) is -0.162. The number of nitrogens with one attached hydrogen (secondary N) is 1. The lowest BCUT2D eigenvalue weighted by molar-refractivity contribution is 0.243. The molecule has 162 valence electrons. The van der Waals surface area contributed by atoms with Crippen molar-refractivity contribution < 1.29 is 21.6 Å². The van der Waals surface area contributed by atoms with Crippen LogP contribution in [0.1, 0.15) is 33.5 Å². The van der Waals surface area contributed by atoms with Gasteiger partial charge < -0.3 is 9.30 Å². The largest absolute Gasteiger partial charge is 0.489 e. The number of aryl methyl sites for hydroxylation is 2. The van der Waals surface area contributed by atoms with E-state index < -0.39 is 20.0 Å². The van der Waals surface area contributed by atoms with E-state index in [9.17, 15) is 16.8 Å². The molecule has 1 N–H and O–H groups in total. The predicted octanol–water partition coefficient (Wildman–Crippen LogP) is 2.35. The molecule has 1 aromatic carbocycles. The highest BCUT2D eigenvalue weighted by atomic mass is 32.2. The summed E-state index contributed by atoms with van der Waals surface area (Å²) in [6.45, 7) is 9.36. The van der Waals surface area contributed by atoms with Crippen LogP contribution in [-0.2, 0) is 27.1 Å². The number of ether oxygens (including phenoxy) is 1. The Labute approximate surface area is 172 Å². The number of hydrogen-bond acceptors (Lipinski definition) is 6. The molecule has 0 saturated heterocycles. The smallest absolute Gasteiger partial charge is 0.281 e. The Morgan fingerprint density at radius 3 is 2.28 bits per heavy atom. The molecular formula is C18H28N4O5S2. The number of rotatable bonds is 9. The first-order chi connectivity index (χ1) is 13.4. The van der Waals surface area contributed by atoms with E-state index in [0.29, 0.717) is 18.9 Å². The summed E-state index contributed by atoms with van der Waals surface area (Å²) >= 11 is 0. The van der Waals surface area contributed by atoms with Crippen LogP contribution >= 0.6 is 0 Å². The highest BCUT2D eigenvalue weighted by Crippen LogP contribution is 2.31. The summed E-state index contributed by atoms with van der Waals surface area (Å²) in [6, 6.07) is 4.14. The third kappa shape index (κ3) is 5.09. The van der Waals surface area contributed by atoms with Crippen LogP contribution in [0.3, 0.4) is 0 Å². The van der Waals surface area contributed by atoms with E-state index in [0.717, 1.165) is 0 Å². The van der Waals surface area contributed by atoms with Gasteiger partial charge in [0.2, 0.25) is 10.0 Å². The van der Waals surface area contributed by atoms with Crippen LogP contribution in [0.15, 0.2) is 34.3 Å². The third-order valence-corrected chi connectivity index (χ3v) is 7.54. The summed E-state index contributed by atoms with van der Waals surface area (Å²) in [6.07, 6.45) is 1.15. The molecule has 0 atom stereocenters. The minimum Gasteiger partial charge on any atom is -0.489 e. The Morgan fingerprint density at radius 2 is 1.79 bits per heavy atom. The second-order valence-electron chi connectivity index (χ2n) is 6.76. The van der Waals surface area contributed by atoms with Crippen LogP contribution in [0.25, 0.3) is 0 Å². The topological polar surface area (TPSA) is 111 Å². The van der Waals surface area contributed by atoms with Crippen molar-refractivity contribution in [3.05, 3.63) is 30.2 Å². The van der Waals surface area contributed by atoms with E-state index in [4.69, 9.17) is 4.74 Å². The van der Waals surface area contributed by atoms with Crippen molar-refractivity contribution >= 4 is 25.7 Å². The first-order valence-corrected chi connectivity index (χ1v) is 12.2. The molecule has 1 heterocycles. The van der Waals surface area contributed by atoms with Crippen LogP contribution in [-0.4, -0.2) is 49.9 Å². The summed E-state index contributed by atoms with van der Waals surface area (Å²) in [7, 11) is -6.12. The Hall–Kier alpha value is -2.11. The molecule has 0 amide bonds. The lowest BCUT2D eigenvalue weighted by atomic mass is 10.3. The number of benzene rings is 1. The molecule has 0 saturated carbocycles. The van der Waals surface area contributed by atoms with Crippen molar-refractivity contribution in [3.63, 3.8) is 0 Å². The first-order valence-electron chi connectivity index (χ1n) is 9.26. The predicted molar refractivity (Wildman–Crippen MR) is 111 cm³/mol. The number of hydrogen-bond donors (Lipinski definition) is 1. The Kier molecular flexibility index (Phi) is 6.97. The van der Waals surface area contributed by atoms with Crippen LogP contribution in [0.5, 0.6) is 5.75 Å². The van der Waals surface area contributed by atoms with E-state index >= 15 is 0 Å². The molecule has 11 heteroatoms. The molecule has 2 aromatic rings. The van der Waals surface area contributed by atoms with Crippen molar-refractivity contribution in [2.24, 2.45) is 7.05 Å². The van der Waals surface area contributed by atoms with E-state index in [1.165, 1.54) is 28.7 Å². The van der Waals surface area contributed by atoms with Crippen LogP contribution in [0.2, 0.25) is 0 Å². The standard InChI is InChI=1S/C18H28N4O5S2/c1-7-22(8-2)29(25,26)15-9-10-17(27-13(3)4)16(11-15)20-28(23,24)18-12-21(6)14(5)19-18/h9-13,20H,7-8H2,1-6H3. The van der Waals surface area contributed by atoms with Gasteiger partial charge in [-0.15, -0.1) is 0 Å². The lowest BCUT2D eigenvalue weighted by Gasteiger charge is -2.20. The molecule has 2 rings (SSSR count). The van der Waals surface area contributed by atoms with E-state index in [1.54, 1.807) is 46.2 Å². The van der Waals surface area contributed by atoms with Gasteiger partial charge in [0.15, 0.2) is 5.03 Å². The van der Waals surface area contributed by atoms with Crippen LogP contribution < -0.4 is 9.46 Å². The fourth-order valence-corrected chi connectivity index (χ4v) is 5.26. The lowest BCUT2D eigenvalue weighted by Crippen LogP contribution is -2.30. The normalized spacial score (nSPS) is 12.6. The molecule has 0 unspecified atom stereocenters. The number of aromatic nitrogens is 2. The minimum atomic E-state index is -4.04. The molecule has 0 bridgehead atoms. The summed E-state index contributed by atoms with van der Waals surface area (Å²) in [5.41, 5.74) is 0.0373. The van der Waals surface area contributed by atoms with Gasteiger partial charge in [-0.05, 0) is 39.0 Å². The van der Waals surface area contributed by atoms with Gasteiger partial charge in [0.05, 0.1) is 16.7 Å². The highest BCUT2D eigenvalue weighted by molar-refractivity contribution is 7.92. The molecule has 0 aliphatic carbocycles. The van der Waals surface area contributed by atoms with Gasteiger partial charge in [0, 0.05) is 26.3 Å². The van der Waals surface area contributed by atoms with Crippen molar-refractivity contribution in [1.82, 2.24) is 13.9 Å². The minimum absolute atomic E-state index is 0.0211. The van der Waals surface area contributed by atoms with Crippen LogP contribution in [0.4, 0.5) is 5.69 Å². The van der Waals surface area contributed by atoms with Crippen molar-refractivity contribution in [2.45, 2.75) is 50.6 Å². The molecular weight excluding hydrogens is 416 g/mol. The van der Waals surface area contributed by atoms with Gasteiger partial charge in [-0.25, -0.2) is 13.4 Å². The summed E-state index contributed by atoms with van der Waals surface area (Å²) in [4.78, 5) is 4.02. The van der Waals surface area contributed by atoms with Gasteiger partial charge in [0.25, 0.3) is 10.0 Å². The summed E-state index contributed by atoms with van der Waals surface area (Å²) in [5.74, 6) is 0.761. The zero-order chi connectivity index (χ0) is 22.0. The van der Waals surface area contributed by atoms with E-state index in [1.807, 2.05) is 0 Å². The fraction of sp³-hybridized carbons (Fsp3) is 0.500. The molecule has 0 fully saturated rings. The number of anilines is 1. The second-order valence-corrected chi connectivity index (χ2v) is 10.3. The molecule has 0 radical (unpaired) electrons.